The summed E-state index contributed by atoms with van der Waals surface area (Å²) in [5, 5.41) is 2.62. The van der Waals surface area contributed by atoms with Crippen molar-refractivity contribution in [2.45, 2.75) is 39.2 Å². The molecular weight excluding hydrogens is 128 g/mol. The van der Waals surface area contributed by atoms with Crippen LogP contribution in [0.3, 0.4) is 0 Å². The number of carbonyl (C=O) groups excluding carboxylic acids is 1. The lowest BCUT2D eigenvalue weighted by Gasteiger charge is -2.24. The van der Waals surface area contributed by atoms with Crippen LogP contribution in [0.15, 0.2) is 0 Å². The molecule has 0 saturated heterocycles. The highest BCUT2D eigenvalue weighted by molar-refractivity contribution is 5.72. The van der Waals surface area contributed by atoms with Crippen molar-refractivity contribution >= 4 is 6.03 Å². The SMILES string of the molecule is CC.NC(=O)NC1CCC1. The Morgan fingerprint density at radius 2 is 2.00 bits per heavy atom. The van der Waals surface area contributed by atoms with E-state index in [1.165, 1.54) is 6.42 Å². The largest absolute Gasteiger partial charge is 0.352 e. The molecule has 1 rings (SSSR count). The average molecular weight is 144 g/mol. The van der Waals surface area contributed by atoms with E-state index < -0.39 is 6.03 Å². The third kappa shape index (κ3) is 3.33. The van der Waals surface area contributed by atoms with E-state index in [1.54, 1.807) is 0 Å². The normalized spacial score (nSPS) is 16.2. The molecule has 1 aliphatic carbocycles. The fourth-order valence-corrected chi connectivity index (χ4v) is 0.754. The highest BCUT2D eigenvalue weighted by Gasteiger charge is 2.17. The van der Waals surface area contributed by atoms with Gasteiger partial charge in [-0.05, 0) is 19.3 Å². The first-order valence-electron chi connectivity index (χ1n) is 3.85. The Morgan fingerprint density at radius 3 is 2.10 bits per heavy atom. The topological polar surface area (TPSA) is 55.1 Å². The Kier molecular flexibility index (Phi) is 4.72. The summed E-state index contributed by atoms with van der Waals surface area (Å²) in [6.45, 7) is 4.00. The predicted molar refractivity (Wildman–Crippen MR) is 41.7 cm³/mol. The number of hydrogen-bond acceptors (Lipinski definition) is 1. The van der Waals surface area contributed by atoms with Crippen LogP contribution in [0.25, 0.3) is 0 Å². The second kappa shape index (κ2) is 5.09. The molecule has 0 radical (unpaired) electrons. The second-order valence-corrected chi connectivity index (χ2v) is 2.14. The van der Waals surface area contributed by atoms with Gasteiger partial charge in [-0.3, -0.25) is 0 Å². The van der Waals surface area contributed by atoms with Gasteiger partial charge in [-0.2, -0.15) is 0 Å². The van der Waals surface area contributed by atoms with E-state index in [0.717, 1.165) is 12.8 Å². The molecule has 0 atom stereocenters. The van der Waals surface area contributed by atoms with Gasteiger partial charge in [0, 0.05) is 6.04 Å². The van der Waals surface area contributed by atoms with Crippen LogP contribution in [0.2, 0.25) is 0 Å². The van der Waals surface area contributed by atoms with Gasteiger partial charge >= 0.3 is 6.03 Å². The Balaban J connectivity index is 0.000000371. The molecule has 3 nitrogen and oxygen atoms in total. The molecule has 3 N–H and O–H groups in total. The van der Waals surface area contributed by atoms with Gasteiger partial charge in [0.05, 0.1) is 0 Å². The van der Waals surface area contributed by atoms with Crippen LogP contribution in [0.1, 0.15) is 33.1 Å². The molecule has 0 aromatic rings. The number of nitrogens with one attached hydrogen (secondary N) is 1. The number of primary amides is 1. The van der Waals surface area contributed by atoms with Crippen LogP contribution < -0.4 is 11.1 Å². The van der Waals surface area contributed by atoms with Crippen molar-refractivity contribution in [3.8, 4) is 0 Å². The quantitative estimate of drug-likeness (QED) is 0.571. The van der Waals surface area contributed by atoms with E-state index in [0.29, 0.717) is 6.04 Å². The van der Waals surface area contributed by atoms with Crippen molar-refractivity contribution in [1.29, 1.82) is 0 Å². The van der Waals surface area contributed by atoms with Gasteiger partial charge in [0.15, 0.2) is 0 Å². The molecule has 60 valence electrons. The molecule has 0 aliphatic heterocycles. The monoisotopic (exact) mass is 144 g/mol. The Morgan fingerprint density at radius 1 is 1.50 bits per heavy atom. The first-order chi connectivity index (χ1) is 4.79. The summed E-state index contributed by atoms with van der Waals surface area (Å²) >= 11 is 0. The molecule has 1 aliphatic rings. The summed E-state index contributed by atoms with van der Waals surface area (Å²) in [5.74, 6) is 0. The van der Waals surface area contributed by atoms with Crippen molar-refractivity contribution in [2.24, 2.45) is 5.73 Å². The van der Waals surface area contributed by atoms with Gasteiger partial charge < -0.3 is 11.1 Å². The molecule has 0 aromatic heterocycles. The number of urea groups is 1. The second-order valence-electron chi connectivity index (χ2n) is 2.14. The fourth-order valence-electron chi connectivity index (χ4n) is 0.754. The lowest BCUT2D eigenvalue weighted by Crippen LogP contribution is -2.42. The van der Waals surface area contributed by atoms with E-state index in [9.17, 15) is 4.79 Å². The molecule has 3 heteroatoms. The van der Waals surface area contributed by atoms with Crippen molar-refractivity contribution in [3.63, 3.8) is 0 Å². The highest BCUT2D eigenvalue weighted by atomic mass is 16.2. The minimum Gasteiger partial charge on any atom is -0.352 e. The Labute approximate surface area is 62.0 Å². The minimum atomic E-state index is -0.394. The molecule has 1 fully saturated rings. The highest BCUT2D eigenvalue weighted by Crippen LogP contribution is 2.17. The maximum absolute atomic E-state index is 10.1. The van der Waals surface area contributed by atoms with Gasteiger partial charge in [-0.25, -0.2) is 4.79 Å². The summed E-state index contributed by atoms with van der Waals surface area (Å²) in [6.07, 6.45) is 3.43. The first-order valence-corrected chi connectivity index (χ1v) is 3.85. The van der Waals surface area contributed by atoms with Crippen LogP contribution in [0, 0.1) is 0 Å². The molecule has 10 heavy (non-hydrogen) atoms. The molecule has 1 saturated carbocycles. The van der Waals surface area contributed by atoms with Crippen LogP contribution in [-0.4, -0.2) is 12.1 Å². The van der Waals surface area contributed by atoms with Crippen molar-refractivity contribution in [3.05, 3.63) is 0 Å². The molecule has 0 bridgehead atoms. The van der Waals surface area contributed by atoms with Crippen molar-refractivity contribution in [1.82, 2.24) is 5.32 Å². The molecular formula is C7H16N2O. The summed E-state index contributed by atoms with van der Waals surface area (Å²) in [7, 11) is 0. The molecule has 0 heterocycles. The standard InChI is InChI=1S/C5H10N2O.C2H6/c6-5(8)7-4-2-1-3-4;1-2/h4H,1-3H2,(H3,6,7,8);1-2H3. The smallest absolute Gasteiger partial charge is 0.312 e. The number of hydrogen-bond donors (Lipinski definition) is 2. The first kappa shape index (κ1) is 9.27. The van der Waals surface area contributed by atoms with E-state index in [-0.39, 0.29) is 0 Å². The summed E-state index contributed by atoms with van der Waals surface area (Å²) in [5.41, 5.74) is 4.85. The van der Waals surface area contributed by atoms with Gasteiger partial charge in [0.1, 0.15) is 0 Å². The number of amides is 2. The third-order valence-electron chi connectivity index (χ3n) is 1.45. The maximum Gasteiger partial charge on any atom is 0.312 e. The zero-order chi connectivity index (χ0) is 7.98. The maximum atomic E-state index is 10.1. The van der Waals surface area contributed by atoms with E-state index in [4.69, 9.17) is 5.73 Å². The van der Waals surface area contributed by atoms with E-state index in [2.05, 4.69) is 5.32 Å². The van der Waals surface area contributed by atoms with Gasteiger partial charge in [-0.1, -0.05) is 13.8 Å². The molecule has 0 spiro atoms. The Hall–Kier alpha value is -0.730. The number of nitrogens with two attached hydrogens (primary N) is 1. The number of rotatable bonds is 1. The lowest BCUT2D eigenvalue weighted by atomic mass is 9.93. The van der Waals surface area contributed by atoms with Crippen molar-refractivity contribution < 1.29 is 4.79 Å². The van der Waals surface area contributed by atoms with Crippen molar-refractivity contribution in [2.75, 3.05) is 0 Å². The molecule has 2 amide bonds. The zero-order valence-corrected chi connectivity index (χ0v) is 6.68. The lowest BCUT2D eigenvalue weighted by molar-refractivity contribution is 0.236. The van der Waals surface area contributed by atoms with Gasteiger partial charge in [0.2, 0.25) is 0 Å². The van der Waals surface area contributed by atoms with E-state index >= 15 is 0 Å². The summed E-state index contributed by atoms with van der Waals surface area (Å²) in [6, 6.07) is -0.0119. The zero-order valence-electron chi connectivity index (χ0n) is 6.68. The number of carbonyl (C=O) groups is 1. The Bertz CT molecular complexity index is 99.8. The average Bonchev–Trinajstić information content (AvgIpc) is 1.84. The fraction of sp³-hybridized carbons (Fsp3) is 0.857. The van der Waals surface area contributed by atoms with Crippen LogP contribution in [0.4, 0.5) is 4.79 Å². The minimum absolute atomic E-state index is 0.382. The van der Waals surface area contributed by atoms with Crippen LogP contribution in [0.5, 0.6) is 0 Å². The molecule has 0 aromatic carbocycles. The van der Waals surface area contributed by atoms with Gasteiger partial charge in [-0.15, -0.1) is 0 Å². The van der Waals surface area contributed by atoms with Crippen LogP contribution in [-0.2, 0) is 0 Å². The molecule has 0 unspecified atom stereocenters. The van der Waals surface area contributed by atoms with Gasteiger partial charge in [0.25, 0.3) is 0 Å². The van der Waals surface area contributed by atoms with E-state index in [1.807, 2.05) is 13.8 Å². The third-order valence-corrected chi connectivity index (χ3v) is 1.45. The summed E-state index contributed by atoms with van der Waals surface area (Å²) < 4.78 is 0. The predicted octanol–water partition coefficient (Wildman–Crippen LogP) is 1.23. The summed E-state index contributed by atoms with van der Waals surface area (Å²) in [4.78, 5) is 10.1. The van der Waals surface area contributed by atoms with Crippen LogP contribution >= 0.6 is 0 Å².